The molecule has 4 rings (SSSR count). The van der Waals surface area contributed by atoms with Gasteiger partial charge in [0.15, 0.2) is 6.29 Å². The summed E-state index contributed by atoms with van der Waals surface area (Å²) in [6, 6.07) is 9.26. The van der Waals surface area contributed by atoms with Gasteiger partial charge in [0.1, 0.15) is 0 Å². The summed E-state index contributed by atoms with van der Waals surface area (Å²) in [5.74, 6) is 4.12. The van der Waals surface area contributed by atoms with E-state index in [1.54, 1.807) is 0 Å². The number of hydrogen-bond acceptors (Lipinski definition) is 2. The summed E-state index contributed by atoms with van der Waals surface area (Å²) < 4.78 is 12.5. The molecule has 0 unspecified atom stereocenters. The van der Waals surface area contributed by atoms with Gasteiger partial charge in [0.25, 0.3) is 0 Å². The lowest BCUT2D eigenvalue weighted by molar-refractivity contribution is -0.214. The molecule has 3 aliphatic rings. The highest BCUT2D eigenvalue weighted by atomic mass is 16.7. The van der Waals surface area contributed by atoms with E-state index < -0.39 is 0 Å². The summed E-state index contributed by atoms with van der Waals surface area (Å²) in [6.45, 7) is 6.37. The van der Waals surface area contributed by atoms with Crippen molar-refractivity contribution in [3.63, 3.8) is 0 Å². The van der Waals surface area contributed by atoms with E-state index in [9.17, 15) is 0 Å². The van der Waals surface area contributed by atoms with Gasteiger partial charge in [-0.25, -0.2) is 0 Å². The Bertz CT molecular complexity index is 659. The largest absolute Gasteiger partial charge is 0.348 e. The standard InChI is InChI=1S/C32H52O2/c1-3-5-7-9-25-11-15-27(16-12-25)28-19-21-30(22-20-28)32-33-23-31(24-34-32)29-17-13-26(14-18-29)10-8-6-4-2/h19-22,25-27,29,31-32H,3-18,23-24H2,1-2H3. The second-order valence-corrected chi connectivity index (χ2v) is 11.9. The van der Waals surface area contributed by atoms with E-state index in [4.69, 9.17) is 9.47 Å². The van der Waals surface area contributed by atoms with Crippen LogP contribution in [0, 0.1) is 23.7 Å². The highest BCUT2D eigenvalue weighted by molar-refractivity contribution is 5.26. The number of unbranched alkanes of at least 4 members (excludes halogenated alkanes) is 4. The third-order valence-corrected chi connectivity index (χ3v) is 9.44. The van der Waals surface area contributed by atoms with Crippen LogP contribution in [0.5, 0.6) is 0 Å². The van der Waals surface area contributed by atoms with Crippen LogP contribution in [0.3, 0.4) is 0 Å². The molecule has 0 N–H and O–H groups in total. The average molecular weight is 469 g/mol. The lowest BCUT2D eigenvalue weighted by Crippen LogP contribution is -2.34. The van der Waals surface area contributed by atoms with Gasteiger partial charge in [0, 0.05) is 11.5 Å². The van der Waals surface area contributed by atoms with Gasteiger partial charge in [-0.05, 0) is 67.8 Å². The van der Waals surface area contributed by atoms with E-state index in [0.717, 1.165) is 36.9 Å². The zero-order chi connectivity index (χ0) is 23.6. The molecule has 0 atom stereocenters. The summed E-state index contributed by atoms with van der Waals surface area (Å²) in [4.78, 5) is 0. The smallest absolute Gasteiger partial charge is 0.183 e. The van der Waals surface area contributed by atoms with Gasteiger partial charge in [-0.2, -0.15) is 0 Å². The van der Waals surface area contributed by atoms with E-state index >= 15 is 0 Å². The molecule has 1 aromatic carbocycles. The first-order valence-corrected chi connectivity index (χ1v) is 15.1. The Morgan fingerprint density at radius 1 is 0.588 bits per heavy atom. The summed E-state index contributed by atoms with van der Waals surface area (Å²) in [7, 11) is 0. The molecular weight excluding hydrogens is 416 g/mol. The maximum absolute atomic E-state index is 6.26. The average Bonchev–Trinajstić information content (AvgIpc) is 2.90. The molecule has 2 nitrogen and oxygen atoms in total. The molecule has 2 saturated carbocycles. The molecule has 192 valence electrons. The quantitative estimate of drug-likeness (QED) is 0.301. The van der Waals surface area contributed by atoms with Crippen molar-refractivity contribution in [1.82, 2.24) is 0 Å². The third-order valence-electron chi connectivity index (χ3n) is 9.44. The van der Waals surface area contributed by atoms with Crippen molar-refractivity contribution in [3.05, 3.63) is 35.4 Å². The second-order valence-electron chi connectivity index (χ2n) is 11.9. The Balaban J connectivity index is 1.16. The molecule has 0 spiro atoms. The monoisotopic (exact) mass is 468 g/mol. The molecule has 3 fully saturated rings. The fourth-order valence-corrected chi connectivity index (χ4v) is 7.01. The maximum atomic E-state index is 6.26. The molecule has 1 heterocycles. The van der Waals surface area contributed by atoms with Crippen molar-refractivity contribution in [2.45, 2.75) is 129 Å². The Kier molecular flexibility index (Phi) is 10.8. The van der Waals surface area contributed by atoms with Crippen LogP contribution in [0.15, 0.2) is 24.3 Å². The highest BCUT2D eigenvalue weighted by Gasteiger charge is 2.32. The van der Waals surface area contributed by atoms with Crippen molar-refractivity contribution in [2.75, 3.05) is 13.2 Å². The lowest BCUT2D eigenvalue weighted by atomic mass is 9.74. The van der Waals surface area contributed by atoms with Crippen LogP contribution in [-0.2, 0) is 9.47 Å². The van der Waals surface area contributed by atoms with Gasteiger partial charge in [-0.15, -0.1) is 0 Å². The SMILES string of the molecule is CCCCCC1CCC(c2ccc(C3OCC(C4CCC(CCCCC)CC4)CO3)cc2)CC1. The first-order chi connectivity index (χ1) is 16.8. The molecule has 1 saturated heterocycles. The minimum atomic E-state index is -0.162. The molecule has 2 heteroatoms. The van der Waals surface area contributed by atoms with Gasteiger partial charge in [0.05, 0.1) is 13.2 Å². The zero-order valence-corrected chi connectivity index (χ0v) is 22.3. The fourth-order valence-electron chi connectivity index (χ4n) is 7.01. The van der Waals surface area contributed by atoms with Gasteiger partial charge in [-0.3, -0.25) is 0 Å². The third kappa shape index (κ3) is 7.57. The van der Waals surface area contributed by atoms with Crippen LogP contribution >= 0.6 is 0 Å². The normalized spacial score (nSPS) is 32.5. The van der Waals surface area contributed by atoms with Gasteiger partial charge >= 0.3 is 0 Å². The summed E-state index contributed by atoms with van der Waals surface area (Å²) in [5, 5.41) is 0. The van der Waals surface area contributed by atoms with Crippen LogP contribution in [0.1, 0.15) is 140 Å². The van der Waals surface area contributed by atoms with Gasteiger partial charge < -0.3 is 9.47 Å². The minimum Gasteiger partial charge on any atom is -0.348 e. The van der Waals surface area contributed by atoms with Crippen molar-refractivity contribution in [2.24, 2.45) is 23.7 Å². The topological polar surface area (TPSA) is 18.5 Å². The molecule has 1 aliphatic heterocycles. The molecule has 0 aromatic heterocycles. The predicted octanol–water partition coefficient (Wildman–Crippen LogP) is 9.59. The number of benzene rings is 1. The van der Waals surface area contributed by atoms with E-state index in [1.807, 2.05) is 0 Å². The van der Waals surface area contributed by atoms with Gasteiger partial charge in [0.2, 0.25) is 0 Å². The Morgan fingerprint density at radius 3 is 1.62 bits per heavy atom. The first kappa shape index (κ1) is 26.2. The maximum Gasteiger partial charge on any atom is 0.183 e. The summed E-state index contributed by atoms with van der Waals surface area (Å²) >= 11 is 0. The van der Waals surface area contributed by atoms with Crippen molar-refractivity contribution >= 4 is 0 Å². The molecule has 0 bridgehead atoms. The molecule has 2 aliphatic carbocycles. The van der Waals surface area contributed by atoms with E-state index in [2.05, 4.69) is 38.1 Å². The van der Waals surface area contributed by atoms with E-state index in [1.165, 1.54) is 114 Å². The summed E-state index contributed by atoms with van der Waals surface area (Å²) in [5.41, 5.74) is 2.73. The van der Waals surface area contributed by atoms with Crippen LogP contribution in [0.2, 0.25) is 0 Å². The predicted molar refractivity (Wildman–Crippen MR) is 143 cm³/mol. The van der Waals surface area contributed by atoms with Crippen molar-refractivity contribution in [3.8, 4) is 0 Å². The Hall–Kier alpha value is -0.860. The number of ether oxygens (including phenoxy) is 2. The Morgan fingerprint density at radius 2 is 1.09 bits per heavy atom. The minimum absolute atomic E-state index is 0.162. The first-order valence-electron chi connectivity index (χ1n) is 15.1. The van der Waals surface area contributed by atoms with Crippen LogP contribution in [-0.4, -0.2) is 13.2 Å². The number of hydrogen-bond donors (Lipinski definition) is 0. The van der Waals surface area contributed by atoms with Crippen LogP contribution in [0.25, 0.3) is 0 Å². The van der Waals surface area contributed by atoms with Crippen LogP contribution in [0.4, 0.5) is 0 Å². The number of rotatable bonds is 11. The van der Waals surface area contributed by atoms with Gasteiger partial charge in [-0.1, -0.05) is 102 Å². The second kappa shape index (κ2) is 14.0. The van der Waals surface area contributed by atoms with Crippen molar-refractivity contribution in [1.29, 1.82) is 0 Å². The molecule has 34 heavy (non-hydrogen) atoms. The lowest BCUT2D eigenvalue weighted by Gasteiger charge is -2.38. The van der Waals surface area contributed by atoms with Crippen LogP contribution < -0.4 is 0 Å². The Labute approximate surface area is 210 Å². The molecular formula is C32H52O2. The molecule has 0 amide bonds. The summed E-state index contributed by atoms with van der Waals surface area (Å²) in [6.07, 6.45) is 22.3. The molecule has 1 aromatic rings. The van der Waals surface area contributed by atoms with E-state index in [-0.39, 0.29) is 6.29 Å². The van der Waals surface area contributed by atoms with E-state index in [0.29, 0.717) is 5.92 Å². The fraction of sp³-hybridized carbons (Fsp3) is 0.812. The molecule has 0 radical (unpaired) electrons. The van der Waals surface area contributed by atoms with Crippen molar-refractivity contribution < 1.29 is 9.47 Å². The zero-order valence-electron chi connectivity index (χ0n) is 22.3. The highest BCUT2D eigenvalue weighted by Crippen LogP contribution is 2.40.